The molecule has 3 aromatic rings. The molecule has 0 aliphatic carbocycles. The Morgan fingerprint density at radius 1 is 1.05 bits per heavy atom. The Kier molecular flexibility index (Phi) is 7.24. The van der Waals surface area contributed by atoms with Gasteiger partial charge in [-0.15, -0.1) is 0 Å². The maximum absolute atomic E-state index is 14.2. The van der Waals surface area contributed by atoms with Crippen LogP contribution < -0.4 is 4.72 Å². The van der Waals surface area contributed by atoms with Crippen molar-refractivity contribution < 1.29 is 17.7 Å². The van der Waals surface area contributed by atoms with Gasteiger partial charge in [-0.05, 0) is 81.5 Å². The summed E-state index contributed by atoms with van der Waals surface area (Å²) in [5, 5.41) is 0. The molecule has 1 spiro atoms. The Bertz CT molecular complexity index is 1340. The first-order valence-electron chi connectivity index (χ1n) is 12.9. The molecule has 2 atom stereocenters. The predicted octanol–water partition coefficient (Wildman–Crippen LogP) is 5.09. The van der Waals surface area contributed by atoms with Crippen LogP contribution in [0.15, 0.2) is 55.0 Å². The van der Waals surface area contributed by atoms with Gasteiger partial charge in [0.1, 0.15) is 0 Å². The van der Waals surface area contributed by atoms with Gasteiger partial charge in [-0.3, -0.25) is 14.9 Å². The van der Waals surface area contributed by atoms with Crippen molar-refractivity contribution in [2.24, 2.45) is 0 Å². The van der Waals surface area contributed by atoms with Gasteiger partial charge >= 0.3 is 0 Å². The molecule has 2 aliphatic rings. The lowest BCUT2D eigenvalue weighted by molar-refractivity contribution is -0.0800. The van der Waals surface area contributed by atoms with E-state index < -0.39 is 32.9 Å². The minimum absolute atomic E-state index is 0.233. The lowest BCUT2D eigenvalue weighted by atomic mass is 9.84. The molecule has 1 aromatic carbocycles. The Hall–Kier alpha value is -2.59. The molecule has 0 amide bonds. The summed E-state index contributed by atoms with van der Waals surface area (Å²) < 4.78 is 49.8. The molecule has 0 radical (unpaired) electrons. The second-order valence-electron chi connectivity index (χ2n) is 11.4. The average molecular weight is 541 g/mol. The lowest BCUT2D eigenvalue weighted by Gasteiger charge is -2.39. The number of halogens is 2. The van der Waals surface area contributed by atoms with Crippen molar-refractivity contribution in [3.05, 3.63) is 94.6 Å². The molecular formula is C29H34F2N4O2S. The van der Waals surface area contributed by atoms with Crippen LogP contribution >= 0.6 is 0 Å². The lowest BCUT2D eigenvalue weighted by Crippen LogP contribution is -2.47. The highest BCUT2D eigenvalue weighted by atomic mass is 32.2. The molecule has 1 saturated heterocycles. The van der Waals surface area contributed by atoms with Gasteiger partial charge in [-0.25, -0.2) is 17.7 Å². The van der Waals surface area contributed by atoms with Crippen LogP contribution in [0.4, 0.5) is 8.78 Å². The molecule has 4 heterocycles. The summed E-state index contributed by atoms with van der Waals surface area (Å²) in [4.78, 5) is 11.4. The summed E-state index contributed by atoms with van der Waals surface area (Å²) in [7, 11) is -1.48. The third-order valence-electron chi connectivity index (χ3n) is 7.66. The standard InChI is InChI=1S/C29H34F2N4O2S/c1-27(2,3)38(36)34-28(4,22-6-7-24(30)25(31)15-22)26-8-5-20(16-33-26)18-35-13-10-29(11-14-35)23-17-32-12-9-21(23)19-37-29/h5-9,12,15-17,34H,10-11,13-14,18-19H2,1-4H3/t28-,38+/m0/s1. The first kappa shape index (κ1) is 27.0. The third-order valence-corrected chi connectivity index (χ3v) is 9.37. The number of ether oxygens (including phenoxy) is 1. The fourth-order valence-electron chi connectivity index (χ4n) is 5.22. The van der Waals surface area contributed by atoms with Gasteiger partial charge in [0.25, 0.3) is 0 Å². The molecule has 1 N–H and O–H groups in total. The zero-order valence-electron chi connectivity index (χ0n) is 22.3. The van der Waals surface area contributed by atoms with Crippen LogP contribution in [0.1, 0.15) is 68.5 Å². The Morgan fingerprint density at radius 2 is 1.82 bits per heavy atom. The molecule has 0 saturated carbocycles. The Morgan fingerprint density at radius 3 is 2.47 bits per heavy atom. The number of hydrogen-bond acceptors (Lipinski definition) is 5. The van der Waals surface area contributed by atoms with Gasteiger partial charge in [0.15, 0.2) is 11.6 Å². The molecular weight excluding hydrogens is 506 g/mol. The predicted molar refractivity (Wildman–Crippen MR) is 143 cm³/mol. The molecule has 0 bridgehead atoms. The van der Waals surface area contributed by atoms with Gasteiger partial charge in [0, 0.05) is 43.8 Å². The topological polar surface area (TPSA) is 67.4 Å². The van der Waals surface area contributed by atoms with Crippen molar-refractivity contribution in [1.29, 1.82) is 0 Å². The van der Waals surface area contributed by atoms with E-state index in [4.69, 9.17) is 9.72 Å². The van der Waals surface area contributed by atoms with Crippen LogP contribution in [0.25, 0.3) is 0 Å². The van der Waals surface area contributed by atoms with Crippen LogP contribution in [0.3, 0.4) is 0 Å². The van der Waals surface area contributed by atoms with E-state index in [-0.39, 0.29) is 5.60 Å². The summed E-state index contributed by atoms with van der Waals surface area (Å²) in [6, 6.07) is 9.65. The quantitative estimate of drug-likeness (QED) is 0.472. The van der Waals surface area contributed by atoms with Crippen molar-refractivity contribution >= 4 is 11.0 Å². The highest BCUT2D eigenvalue weighted by molar-refractivity contribution is 7.84. The van der Waals surface area contributed by atoms with Crippen molar-refractivity contribution in [3.8, 4) is 0 Å². The number of nitrogens with one attached hydrogen (secondary N) is 1. The number of piperidine rings is 1. The van der Waals surface area contributed by atoms with E-state index in [1.165, 1.54) is 17.2 Å². The number of fused-ring (bicyclic) bond motifs is 2. The van der Waals surface area contributed by atoms with E-state index in [2.05, 4.69) is 14.6 Å². The van der Waals surface area contributed by atoms with E-state index in [0.717, 1.165) is 50.2 Å². The molecule has 9 heteroatoms. The zero-order valence-corrected chi connectivity index (χ0v) is 23.1. The number of aromatic nitrogens is 2. The minimum Gasteiger partial charge on any atom is -0.365 e. The summed E-state index contributed by atoms with van der Waals surface area (Å²) >= 11 is 0. The Labute approximate surface area is 225 Å². The van der Waals surface area contributed by atoms with Crippen molar-refractivity contribution in [1.82, 2.24) is 19.6 Å². The van der Waals surface area contributed by atoms with Gasteiger partial charge in [0.05, 0.1) is 39.2 Å². The molecule has 6 nitrogen and oxygen atoms in total. The minimum atomic E-state index is -1.48. The smallest absolute Gasteiger partial charge is 0.159 e. The fraction of sp³-hybridized carbons (Fsp3) is 0.448. The highest BCUT2D eigenvalue weighted by Gasteiger charge is 2.43. The number of rotatable bonds is 6. The third kappa shape index (κ3) is 5.17. The molecule has 1 fully saturated rings. The van der Waals surface area contributed by atoms with Crippen molar-refractivity contribution in [3.63, 3.8) is 0 Å². The fourth-order valence-corrected chi connectivity index (χ4v) is 6.12. The Balaban J connectivity index is 1.32. The van der Waals surface area contributed by atoms with E-state index in [0.29, 0.717) is 17.9 Å². The second kappa shape index (κ2) is 10.2. The zero-order chi connectivity index (χ0) is 27.1. The monoisotopic (exact) mass is 540 g/mol. The summed E-state index contributed by atoms with van der Waals surface area (Å²) in [5.74, 6) is -1.89. The number of benzene rings is 1. The average Bonchev–Trinajstić information content (AvgIpc) is 3.25. The van der Waals surface area contributed by atoms with E-state index >= 15 is 0 Å². The summed E-state index contributed by atoms with van der Waals surface area (Å²) in [5.41, 5.74) is 3.20. The second-order valence-corrected chi connectivity index (χ2v) is 13.3. The van der Waals surface area contributed by atoms with Crippen LogP contribution in [-0.2, 0) is 40.0 Å². The molecule has 2 aromatic heterocycles. The van der Waals surface area contributed by atoms with Gasteiger partial charge < -0.3 is 4.74 Å². The number of likely N-dealkylation sites (tertiary alicyclic amines) is 1. The maximum atomic E-state index is 14.2. The number of hydrogen-bond donors (Lipinski definition) is 1. The molecule has 0 unspecified atom stereocenters. The SMILES string of the molecule is CC(C)(C)[S@@](=O)N[C@@](C)(c1ccc(F)c(F)c1)c1ccc(CN2CCC3(CC2)OCc2ccncc23)cn1. The molecule has 202 valence electrons. The van der Waals surface area contributed by atoms with E-state index in [1.54, 1.807) is 6.92 Å². The van der Waals surface area contributed by atoms with Crippen LogP contribution in [0.5, 0.6) is 0 Å². The summed E-state index contributed by atoms with van der Waals surface area (Å²) in [6.07, 6.45) is 7.40. The van der Waals surface area contributed by atoms with Crippen LogP contribution in [0, 0.1) is 11.6 Å². The summed E-state index contributed by atoms with van der Waals surface area (Å²) in [6.45, 7) is 10.5. The van der Waals surface area contributed by atoms with Crippen LogP contribution in [0.2, 0.25) is 0 Å². The highest BCUT2D eigenvalue weighted by Crippen LogP contribution is 2.43. The normalized spacial score (nSPS) is 19.7. The van der Waals surface area contributed by atoms with E-state index in [1.807, 2.05) is 57.6 Å². The molecule has 2 aliphatic heterocycles. The van der Waals surface area contributed by atoms with Gasteiger partial charge in [0.2, 0.25) is 0 Å². The number of nitrogens with zero attached hydrogens (tertiary/aromatic N) is 3. The maximum Gasteiger partial charge on any atom is 0.159 e. The molecule has 38 heavy (non-hydrogen) atoms. The first-order chi connectivity index (χ1) is 18.0. The first-order valence-corrected chi connectivity index (χ1v) is 14.1. The van der Waals surface area contributed by atoms with E-state index in [9.17, 15) is 13.0 Å². The van der Waals surface area contributed by atoms with Crippen molar-refractivity contribution in [2.75, 3.05) is 13.1 Å². The van der Waals surface area contributed by atoms with Gasteiger partial charge in [-0.2, -0.15) is 0 Å². The largest absolute Gasteiger partial charge is 0.365 e. The van der Waals surface area contributed by atoms with Crippen LogP contribution in [-0.4, -0.2) is 36.9 Å². The molecule has 5 rings (SSSR count). The number of pyridine rings is 2. The van der Waals surface area contributed by atoms with Gasteiger partial charge in [-0.1, -0.05) is 12.1 Å². The van der Waals surface area contributed by atoms with Crippen molar-refractivity contribution in [2.45, 2.75) is 69.6 Å².